The zero-order chi connectivity index (χ0) is 27.2. The second-order valence-electron chi connectivity index (χ2n) is 9.55. The molecule has 1 aliphatic heterocycles. The number of ether oxygens (including phenoxy) is 2. The molecule has 0 radical (unpaired) electrons. The Balaban J connectivity index is 1.78. The Morgan fingerprint density at radius 2 is 1.68 bits per heavy atom. The van der Waals surface area contributed by atoms with Crippen LogP contribution in [0.5, 0.6) is 17.2 Å². The van der Waals surface area contributed by atoms with Gasteiger partial charge in [0.2, 0.25) is 0 Å². The summed E-state index contributed by atoms with van der Waals surface area (Å²) in [6.07, 6.45) is 0.679. The predicted octanol–water partition coefficient (Wildman–Crippen LogP) is 5.56. The molecule has 7 heteroatoms. The molecule has 0 saturated carbocycles. The van der Waals surface area contributed by atoms with Gasteiger partial charge in [0.25, 0.3) is 11.7 Å². The van der Waals surface area contributed by atoms with Crippen molar-refractivity contribution in [3.05, 3.63) is 95.1 Å². The van der Waals surface area contributed by atoms with E-state index in [0.29, 0.717) is 47.9 Å². The Kier molecular flexibility index (Phi) is 8.48. The monoisotopic (exact) mass is 514 g/mol. The van der Waals surface area contributed by atoms with E-state index in [2.05, 4.69) is 0 Å². The maximum atomic E-state index is 13.4. The number of benzene rings is 3. The van der Waals surface area contributed by atoms with E-state index in [4.69, 9.17) is 9.47 Å². The third-order valence-electron chi connectivity index (χ3n) is 6.46. The molecule has 1 fully saturated rings. The molecule has 1 unspecified atom stereocenters. The summed E-state index contributed by atoms with van der Waals surface area (Å²) in [7, 11) is 3.93. The molecule has 1 amide bonds. The lowest BCUT2D eigenvalue weighted by molar-refractivity contribution is -0.139. The van der Waals surface area contributed by atoms with E-state index in [1.165, 1.54) is 0 Å². The highest BCUT2D eigenvalue weighted by atomic mass is 16.5. The topological polar surface area (TPSA) is 79.3 Å². The van der Waals surface area contributed by atoms with Gasteiger partial charge in [0, 0.05) is 12.1 Å². The van der Waals surface area contributed by atoms with Crippen LogP contribution in [-0.4, -0.2) is 60.4 Å². The summed E-state index contributed by atoms with van der Waals surface area (Å²) in [6, 6.07) is 21.3. The fourth-order valence-corrected chi connectivity index (χ4v) is 4.69. The van der Waals surface area contributed by atoms with Crippen LogP contribution in [0.1, 0.15) is 36.1 Å². The molecule has 0 bridgehead atoms. The number of likely N-dealkylation sites (tertiary alicyclic amines) is 1. The van der Waals surface area contributed by atoms with Crippen LogP contribution in [-0.2, 0) is 9.59 Å². The third-order valence-corrected chi connectivity index (χ3v) is 6.46. The number of Topliss-reactive ketones (excluding diaryl/α,β-unsaturated/α-hetero) is 1. The molecule has 198 valence electrons. The van der Waals surface area contributed by atoms with Crippen molar-refractivity contribution in [2.75, 3.05) is 33.8 Å². The highest BCUT2D eigenvalue weighted by Crippen LogP contribution is 2.41. The first kappa shape index (κ1) is 26.9. The van der Waals surface area contributed by atoms with Crippen molar-refractivity contribution in [2.45, 2.75) is 26.3 Å². The molecule has 1 N–H and O–H groups in total. The van der Waals surface area contributed by atoms with Gasteiger partial charge in [-0.1, -0.05) is 30.3 Å². The minimum atomic E-state index is -0.748. The Labute approximate surface area is 223 Å². The van der Waals surface area contributed by atoms with Gasteiger partial charge in [-0.3, -0.25) is 9.59 Å². The average Bonchev–Trinajstić information content (AvgIpc) is 3.14. The maximum Gasteiger partial charge on any atom is 0.295 e. The number of carbonyl (C=O) groups is 2. The average molecular weight is 515 g/mol. The van der Waals surface area contributed by atoms with E-state index >= 15 is 0 Å². The number of carbonyl (C=O) groups excluding carboxylic acids is 2. The van der Waals surface area contributed by atoms with Crippen molar-refractivity contribution in [2.24, 2.45) is 0 Å². The Morgan fingerprint density at radius 3 is 2.37 bits per heavy atom. The number of nitrogens with zero attached hydrogens (tertiary/aromatic N) is 2. The van der Waals surface area contributed by atoms with Gasteiger partial charge in [-0.2, -0.15) is 0 Å². The summed E-state index contributed by atoms with van der Waals surface area (Å²) in [5.41, 5.74) is 1.99. The fraction of sp³-hybridized carbons (Fsp3) is 0.290. The van der Waals surface area contributed by atoms with Crippen molar-refractivity contribution >= 4 is 17.4 Å². The van der Waals surface area contributed by atoms with Gasteiger partial charge in [0.15, 0.2) is 0 Å². The van der Waals surface area contributed by atoms with Crippen molar-refractivity contribution in [1.29, 1.82) is 0 Å². The molecule has 1 saturated heterocycles. The molecular weight excluding hydrogens is 480 g/mol. The smallest absolute Gasteiger partial charge is 0.295 e. The molecule has 1 heterocycles. The number of hydrogen-bond acceptors (Lipinski definition) is 6. The van der Waals surface area contributed by atoms with Gasteiger partial charge in [-0.15, -0.1) is 0 Å². The van der Waals surface area contributed by atoms with Crippen LogP contribution >= 0.6 is 0 Å². The van der Waals surface area contributed by atoms with Gasteiger partial charge >= 0.3 is 0 Å². The molecule has 0 aliphatic carbocycles. The van der Waals surface area contributed by atoms with Crippen molar-refractivity contribution in [3.63, 3.8) is 0 Å². The number of hydrogen-bond donors (Lipinski definition) is 1. The number of amides is 1. The predicted molar refractivity (Wildman–Crippen MR) is 147 cm³/mol. The lowest BCUT2D eigenvalue weighted by atomic mass is 9.93. The minimum Gasteiger partial charge on any atom is -0.507 e. The first-order valence-electron chi connectivity index (χ1n) is 12.8. The minimum absolute atomic E-state index is 0.0731. The summed E-state index contributed by atoms with van der Waals surface area (Å²) in [5.74, 6) is 0.416. The molecule has 0 aromatic heterocycles. The third kappa shape index (κ3) is 5.89. The second kappa shape index (κ2) is 12.0. The van der Waals surface area contributed by atoms with E-state index in [1.54, 1.807) is 17.0 Å². The van der Waals surface area contributed by atoms with Gasteiger partial charge in [-0.05, 0) is 94.5 Å². The van der Waals surface area contributed by atoms with Gasteiger partial charge in [0.05, 0.1) is 18.2 Å². The molecule has 38 heavy (non-hydrogen) atoms. The van der Waals surface area contributed by atoms with E-state index < -0.39 is 17.7 Å². The number of aliphatic hydroxyl groups excluding tert-OH is 1. The normalized spacial score (nSPS) is 16.8. The molecule has 0 spiro atoms. The number of aryl methyl sites for hydroxylation is 1. The highest BCUT2D eigenvalue weighted by Gasteiger charge is 2.46. The summed E-state index contributed by atoms with van der Waals surface area (Å²) >= 11 is 0. The SMILES string of the molecule is CCOc1ccc(C(O)=C2C(=O)C(=O)N(CCCN(C)C)C2c2cccc(Oc3ccccc3)c2)c(C)c1. The molecule has 7 nitrogen and oxygen atoms in total. The first-order chi connectivity index (χ1) is 18.3. The van der Waals surface area contributed by atoms with Crippen molar-refractivity contribution < 1.29 is 24.2 Å². The summed E-state index contributed by atoms with van der Waals surface area (Å²) in [4.78, 5) is 30.3. The first-order valence-corrected chi connectivity index (χ1v) is 12.8. The van der Waals surface area contributed by atoms with Crippen LogP contribution in [0, 0.1) is 6.92 Å². The van der Waals surface area contributed by atoms with Crippen molar-refractivity contribution in [3.8, 4) is 17.2 Å². The Morgan fingerprint density at radius 1 is 0.947 bits per heavy atom. The van der Waals surface area contributed by atoms with Crippen LogP contribution in [0.2, 0.25) is 0 Å². The summed E-state index contributed by atoms with van der Waals surface area (Å²) in [6.45, 7) is 5.38. The van der Waals surface area contributed by atoms with E-state index in [0.717, 1.165) is 12.1 Å². The largest absolute Gasteiger partial charge is 0.507 e. The van der Waals surface area contributed by atoms with Crippen LogP contribution in [0.4, 0.5) is 0 Å². The Hall–Kier alpha value is -4.10. The fourth-order valence-electron chi connectivity index (χ4n) is 4.69. The van der Waals surface area contributed by atoms with E-state index in [-0.39, 0.29) is 11.3 Å². The summed E-state index contributed by atoms with van der Waals surface area (Å²) < 4.78 is 11.6. The molecule has 3 aromatic carbocycles. The van der Waals surface area contributed by atoms with E-state index in [1.807, 2.05) is 93.5 Å². The van der Waals surface area contributed by atoms with Crippen LogP contribution in [0.25, 0.3) is 5.76 Å². The van der Waals surface area contributed by atoms with Gasteiger partial charge in [-0.25, -0.2) is 0 Å². The van der Waals surface area contributed by atoms with Crippen LogP contribution in [0.3, 0.4) is 0 Å². The lowest BCUT2D eigenvalue weighted by Crippen LogP contribution is -2.32. The Bertz CT molecular complexity index is 1330. The van der Waals surface area contributed by atoms with Crippen molar-refractivity contribution in [1.82, 2.24) is 9.80 Å². The number of rotatable bonds is 10. The highest BCUT2D eigenvalue weighted by molar-refractivity contribution is 6.46. The second-order valence-corrected chi connectivity index (χ2v) is 9.55. The van der Waals surface area contributed by atoms with E-state index in [9.17, 15) is 14.7 Å². The zero-order valence-electron chi connectivity index (χ0n) is 22.3. The van der Waals surface area contributed by atoms with Crippen LogP contribution < -0.4 is 9.47 Å². The summed E-state index contributed by atoms with van der Waals surface area (Å²) in [5, 5.41) is 11.5. The maximum absolute atomic E-state index is 13.4. The number of aliphatic hydroxyl groups is 1. The van der Waals surface area contributed by atoms with Gasteiger partial charge < -0.3 is 24.4 Å². The molecule has 4 rings (SSSR count). The molecular formula is C31H34N2O5. The molecule has 1 atom stereocenters. The quantitative estimate of drug-likeness (QED) is 0.217. The zero-order valence-corrected chi connectivity index (χ0v) is 22.3. The number of para-hydroxylation sites is 1. The lowest BCUT2D eigenvalue weighted by Gasteiger charge is -2.26. The van der Waals surface area contributed by atoms with Gasteiger partial charge in [0.1, 0.15) is 23.0 Å². The molecule has 3 aromatic rings. The molecule has 1 aliphatic rings. The standard InChI is InChI=1S/C31H34N2O5/c1-5-37-24-15-16-26(21(2)19-24)29(34)27-28(33(31(36)30(27)35)18-10-17-32(3)4)22-11-9-14-25(20-22)38-23-12-7-6-8-13-23/h6-9,11-16,19-20,28,34H,5,10,17-18H2,1-4H3. The van der Waals surface area contributed by atoms with Crippen LogP contribution in [0.15, 0.2) is 78.4 Å². The number of ketones is 1.